The predicted molar refractivity (Wildman–Crippen MR) is 190 cm³/mol. The topological polar surface area (TPSA) is 4.93 Å². The fourth-order valence-corrected chi connectivity index (χ4v) is 6.83. The quantitative estimate of drug-likeness (QED) is 0.179. The van der Waals surface area contributed by atoms with Gasteiger partial charge in [0.25, 0.3) is 0 Å². The third-order valence-corrected chi connectivity index (χ3v) is 8.99. The standard InChI is InChI=1S/C42H28BrN/c43-34-14-10-13-32(27-34)35-15-4-5-16-36(35)33-25-26-39-38-18-7-9-20-41(38)44(42(39)28-33)40-19-8-6-17-37(40)31-23-21-30(22-24-31)29-11-2-1-3-12-29/h1-28H. The van der Waals surface area contributed by atoms with Crippen LogP contribution in [0.15, 0.2) is 174 Å². The van der Waals surface area contributed by atoms with Gasteiger partial charge in [-0.05, 0) is 69.3 Å². The third-order valence-electron chi connectivity index (χ3n) is 8.50. The van der Waals surface area contributed by atoms with Crippen LogP contribution in [0.1, 0.15) is 0 Å². The van der Waals surface area contributed by atoms with E-state index < -0.39 is 0 Å². The summed E-state index contributed by atoms with van der Waals surface area (Å²) in [4.78, 5) is 0. The zero-order valence-corrected chi connectivity index (χ0v) is 25.6. The zero-order chi connectivity index (χ0) is 29.5. The van der Waals surface area contributed by atoms with Gasteiger partial charge in [-0.3, -0.25) is 0 Å². The first-order valence-electron chi connectivity index (χ1n) is 14.9. The van der Waals surface area contributed by atoms with E-state index in [-0.39, 0.29) is 0 Å². The first kappa shape index (κ1) is 26.4. The van der Waals surface area contributed by atoms with E-state index in [1.54, 1.807) is 0 Å². The molecule has 0 saturated heterocycles. The van der Waals surface area contributed by atoms with Crippen molar-refractivity contribution >= 4 is 37.7 Å². The predicted octanol–water partition coefficient (Wildman–Crippen LogP) is 12.2. The molecule has 208 valence electrons. The molecular formula is C42H28BrN. The Kier molecular flexibility index (Phi) is 6.70. The number of rotatable bonds is 5. The summed E-state index contributed by atoms with van der Waals surface area (Å²) in [5.74, 6) is 0. The molecule has 0 unspecified atom stereocenters. The van der Waals surface area contributed by atoms with Crippen LogP contribution < -0.4 is 0 Å². The SMILES string of the molecule is Brc1cccc(-c2ccccc2-c2ccc3c4ccccc4n(-c4ccccc4-c4ccc(-c5ccccc5)cc4)c3c2)c1. The molecule has 0 saturated carbocycles. The Bertz CT molecular complexity index is 2280. The van der Waals surface area contributed by atoms with Gasteiger partial charge in [-0.1, -0.05) is 155 Å². The Balaban J connectivity index is 1.32. The smallest absolute Gasteiger partial charge is 0.0547 e. The molecule has 0 amide bonds. The number of nitrogens with zero attached hydrogens (tertiary/aromatic N) is 1. The zero-order valence-electron chi connectivity index (χ0n) is 24.0. The summed E-state index contributed by atoms with van der Waals surface area (Å²) in [5, 5.41) is 2.50. The van der Waals surface area contributed by atoms with Crippen molar-refractivity contribution in [3.8, 4) is 50.2 Å². The van der Waals surface area contributed by atoms with Gasteiger partial charge in [0.1, 0.15) is 0 Å². The summed E-state index contributed by atoms with van der Waals surface area (Å²) in [5.41, 5.74) is 13.2. The molecule has 0 aliphatic heterocycles. The summed E-state index contributed by atoms with van der Waals surface area (Å²) >= 11 is 3.67. The minimum absolute atomic E-state index is 1.08. The van der Waals surface area contributed by atoms with E-state index in [2.05, 4.69) is 190 Å². The van der Waals surface area contributed by atoms with E-state index in [9.17, 15) is 0 Å². The van der Waals surface area contributed by atoms with Crippen molar-refractivity contribution in [3.05, 3.63) is 174 Å². The molecule has 1 nitrogen and oxygen atoms in total. The Morgan fingerprint density at radius 1 is 0.341 bits per heavy atom. The number of para-hydroxylation sites is 2. The highest BCUT2D eigenvalue weighted by molar-refractivity contribution is 9.10. The van der Waals surface area contributed by atoms with Crippen molar-refractivity contribution < 1.29 is 0 Å². The van der Waals surface area contributed by atoms with Gasteiger partial charge in [-0.15, -0.1) is 0 Å². The highest BCUT2D eigenvalue weighted by Crippen LogP contribution is 2.40. The lowest BCUT2D eigenvalue weighted by Gasteiger charge is -2.15. The number of hydrogen-bond donors (Lipinski definition) is 0. The highest BCUT2D eigenvalue weighted by Gasteiger charge is 2.17. The van der Waals surface area contributed by atoms with Crippen LogP contribution in [0.4, 0.5) is 0 Å². The fourth-order valence-electron chi connectivity index (χ4n) is 6.43. The van der Waals surface area contributed by atoms with Crippen molar-refractivity contribution in [1.29, 1.82) is 0 Å². The van der Waals surface area contributed by atoms with Gasteiger partial charge in [0.05, 0.1) is 16.7 Å². The fraction of sp³-hybridized carbons (Fsp3) is 0. The van der Waals surface area contributed by atoms with Crippen LogP contribution in [0.2, 0.25) is 0 Å². The van der Waals surface area contributed by atoms with Crippen molar-refractivity contribution in [2.75, 3.05) is 0 Å². The molecule has 0 bridgehead atoms. The second kappa shape index (κ2) is 11.1. The number of hydrogen-bond acceptors (Lipinski definition) is 0. The van der Waals surface area contributed by atoms with Crippen LogP contribution in [0.3, 0.4) is 0 Å². The second-order valence-electron chi connectivity index (χ2n) is 11.1. The van der Waals surface area contributed by atoms with Gasteiger partial charge in [-0.25, -0.2) is 0 Å². The monoisotopic (exact) mass is 625 g/mol. The lowest BCUT2D eigenvalue weighted by atomic mass is 9.94. The van der Waals surface area contributed by atoms with Crippen molar-refractivity contribution in [2.45, 2.75) is 0 Å². The Morgan fingerprint density at radius 3 is 1.66 bits per heavy atom. The Hall–Kier alpha value is -5.18. The van der Waals surface area contributed by atoms with Crippen LogP contribution >= 0.6 is 15.9 Å². The minimum atomic E-state index is 1.08. The number of benzene rings is 7. The maximum absolute atomic E-state index is 3.67. The maximum Gasteiger partial charge on any atom is 0.0547 e. The molecule has 2 heteroatoms. The van der Waals surface area contributed by atoms with E-state index in [4.69, 9.17) is 0 Å². The van der Waals surface area contributed by atoms with Gasteiger partial charge in [0.15, 0.2) is 0 Å². The van der Waals surface area contributed by atoms with Crippen LogP contribution in [0.5, 0.6) is 0 Å². The first-order chi connectivity index (χ1) is 21.7. The van der Waals surface area contributed by atoms with E-state index >= 15 is 0 Å². The molecule has 8 rings (SSSR count). The molecule has 0 fully saturated rings. The molecule has 0 N–H and O–H groups in total. The first-order valence-corrected chi connectivity index (χ1v) is 15.7. The molecule has 44 heavy (non-hydrogen) atoms. The molecule has 0 aliphatic carbocycles. The van der Waals surface area contributed by atoms with Crippen LogP contribution in [0, 0.1) is 0 Å². The summed E-state index contributed by atoms with van der Waals surface area (Å²) in [6.45, 7) is 0. The lowest BCUT2D eigenvalue weighted by molar-refractivity contribution is 1.18. The summed E-state index contributed by atoms with van der Waals surface area (Å²) < 4.78 is 3.52. The van der Waals surface area contributed by atoms with Crippen LogP contribution in [-0.4, -0.2) is 4.57 Å². The minimum Gasteiger partial charge on any atom is -0.309 e. The van der Waals surface area contributed by atoms with Gasteiger partial charge in [-0.2, -0.15) is 0 Å². The van der Waals surface area contributed by atoms with Crippen molar-refractivity contribution in [3.63, 3.8) is 0 Å². The number of halogens is 1. The van der Waals surface area contributed by atoms with Crippen molar-refractivity contribution in [1.82, 2.24) is 4.57 Å². The lowest BCUT2D eigenvalue weighted by Crippen LogP contribution is -1.97. The van der Waals surface area contributed by atoms with Crippen LogP contribution in [-0.2, 0) is 0 Å². The largest absolute Gasteiger partial charge is 0.309 e. The van der Waals surface area contributed by atoms with Crippen LogP contribution in [0.25, 0.3) is 72.0 Å². The molecule has 8 aromatic rings. The average Bonchev–Trinajstić information content (AvgIpc) is 3.42. The third kappa shape index (κ3) is 4.65. The van der Waals surface area contributed by atoms with E-state index in [1.807, 2.05) is 0 Å². The maximum atomic E-state index is 3.67. The Labute approximate surface area is 265 Å². The molecule has 1 heterocycles. The highest BCUT2D eigenvalue weighted by atomic mass is 79.9. The molecule has 0 atom stereocenters. The molecule has 0 spiro atoms. The second-order valence-corrected chi connectivity index (χ2v) is 12.0. The van der Waals surface area contributed by atoms with Gasteiger partial charge in [0.2, 0.25) is 0 Å². The van der Waals surface area contributed by atoms with E-state index in [1.165, 1.54) is 72.0 Å². The molecule has 0 radical (unpaired) electrons. The molecule has 7 aromatic carbocycles. The van der Waals surface area contributed by atoms with E-state index in [0.29, 0.717) is 0 Å². The van der Waals surface area contributed by atoms with Gasteiger partial charge >= 0.3 is 0 Å². The average molecular weight is 627 g/mol. The normalized spacial score (nSPS) is 11.3. The summed E-state index contributed by atoms with van der Waals surface area (Å²) in [6, 6.07) is 61.2. The molecular weight excluding hydrogens is 598 g/mol. The van der Waals surface area contributed by atoms with Crippen molar-refractivity contribution in [2.24, 2.45) is 0 Å². The molecule has 0 aliphatic rings. The summed E-state index contributed by atoms with van der Waals surface area (Å²) in [6.07, 6.45) is 0. The van der Waals surface area contributed by atoms with Gasteiger partial charge in [0, 0.05) is 20.8 Å². The summed E-state index contributed by atoms with van der Waals surface area (Å²) in [7, 11) is 0. The van der Waals surface area contributed by atoms with Gasteiger partial charge < -0.3 is 4.57 Å². The number of fused-ring (bicyclic) bond motifs is 3. The Morgan fingerprint density at radius 2 is 0.886 bits per heavy atom. The number of aromatic nitrogens is 1. The van der Waals surface area contributed by atoms with E-state index in [0.717, 1.165) is 4.47 Å². The molecule has 1 aromatic heterocycles.